The van der Waals surface area contributed by atoms with Crippen LogP contribution in [0.4, 0.5) is 4.79 Å². The minimum Gasteiger partial charge on any atom is -0.480 e. The predicted octanol–water partition coefficient (Wildman–Crippen LogP) is 4.16. The number of nitrogens with zero attached hydrogens (tertiary/aromatic N) is 1. The second kappa shape index (κ2) is 8.78. The SMILES string of the molecule is C[C@]1(C(=O)O)CCCN1C(=O)[C@H](CC1CC1)NC(=O)OCC1c2ccccc2-c2ccccc21. The molecule has 0 aromatic heterocycles. The number of hydrogen-bond acceptors (Lipinski definition) is 4. The molecule has 0 bridgehead atoms. The Bertz CT molecular complexity index is 1080. The highest BCUT2D eigenvalue weighted by Gasteiger charge is 2.48. The van der Waals surface area contributed by atoms with Crippen molar-refractivity contribution in [1.29, 1.82) is 0 Å². The van der Waals surface area contributed by atoms with E-state index < -0.39 is 23.6 Å². The zero-order valence-electron chi connectivity index (χ0n) is 19.3. The van der Waals surface area contributed by atoms with Gasteiger partial charge in [0.05, 0.1) is 0 Å². The molecule has 2 atom stereocenters. The Kier molecular flexibility index (Phi) is 5.80. The molecule has 1 heterocycles. The van der Waals surface area contributed by atoms with E-state index in [4.69, 9.17) is 4.74 Å². The maximum Gasteiger partial charge on any atom is 0.407 e. The molecule has 0 unspecified atom stereocenters. The van der Waals surface area contributed by atoms with Gasteiger partial charge in [-0.2, -0.15) is 0 Å². The van der Waals surface area contributed by atoms with Crippen LogP contribution in [-0.2, 0) is 14.3 Å². The molecule has 0 radical (unpaired) electrons. The Labute approximate surface area is 199 Å². The van der Waals surface area contributed by atoms with E-state index in [1.807, 2.05) is 24.3 Å². The number of hydrogen-bond donors (Lipinski definition) is 2. The van der Waals surface area contributed by atoms with Crippen molar-refractivity contribution in [3.05, 3.63) is 59.7 Å². The van der Waals surface area contributed by atoms with Crippen LogP contribution in [0.2, 0.25) is 0 Å². The summed E-state index contributed by atoms with van der Waals surface area (Å²) in [7, 11) is 0. The van der Waals surface area contributed by atoms with E-state index in [0.717, 1.165) is 35.1 Å². The first-order valence-electron chi connectivity index (χ1n) is 12.0. The fourth-order valence-corrected chi connectivity index (χ4v) is 5.42. The molecule has 2 aromatic rings. The van der Waals surface area contributed by atoms with Crippen molar-refractivity contribution >= 4 is 18.0 Å². The third-order valence-corrected chi connectivity index (χ3v) is 7.57. The molecule has 1 aliphatic heterocycles. The first-order chi connectivity index (χ1) is 16.4. The number of carbonyl (C=O) groups excluding carboxylic acids is 2. The summed E-state index contributed by atoms with van der Waals surface area (Å²) in [5, 5.41) is 12.5. The maximum atomic E-state index is 13.3. The molecule has 7 heteroatoms. The Morgan fingerprint density at radius 2 is 1.71 bits per heavy atom. The van der Waals surface area contributed by atoms with Crippen LogP contribution in [0, 0.1) is 5.92 Å². The Balaban J connectivity index is 1.28. The molecule has 2 amide bonds. The molecule has 2 fully saturated rings. The summed E-state index contributed by atoms with van der Waals surface area (Å²) in [5.41, 5.74) is 3.31. The van der Waals surface area contributed by atoms with Crippen LogP contribution in [0.3, 0.4) is 0 Å². The molecular formula is C27H30N2O5. The average Bonchev–Trinajstić information content (AvgIpc) is 3.47. The minimum atomic E-state index is -1.23. The van der Waals surface area contributed by atoms with E-state index >= 15 is 0 Å². The number of aliphatic carboxylic acids is 1. The van der Waals surface area contributed by atoms with Crippen LogP contribution < -0.4 is 5.32 Å². The van der Waals surface area contributed by atoms with E-state index in [-0.39, 0.29) is 18.4 Å². The van der Waals surface area contributed by atoms with E-state index in [1.165, 1.54) is 4.90 Å². The van der Waals surface area contributed by atoms with Crippen molar-refractivity contribution in [1.82, 2.24) is 10.2 Å². The molecule has 3 aliphatic rings. The van der Waals surface area contributed by atoms with Crippen LogP contribution in [0.15, 0.2) is 48.5 Å². The lowest BCUT2D eigenvalue weighted by atomic mass is 9.98. The molecule has 1 saturated carbocycles. The topological polar surface area (TPSA) is 95.9 Å². The number of carbonyl (C=O) groups is 3. The quantitative estimate of drug-likeness (QED) is 0.644. The highest BCUT2D eigenvalue weighted by molar-refractivity contribution is 5.91. The number of alkyl carbamates (subject to hydrolysis) is 1. The standard InChI is InChI=1S/C27H30N2O5/c1-27(25(31)32)13-6-14-29(27)24(30)23(15-17-11-12-17)28-26(33)34-16-22-20-9-4-2-7-18(20)19-8-3-5-10-21(19)22/h2-5,7-10,17,22-23H,6,11-16H2,1H3,(H,28,33)(H,31,32)/t23-,27+/m0/s1. The van der Waals surface area contributed by atoms with Crippen molar-refractivity contribution < 1.29 is 24.2 Å². The normalized spacial score (nSPS) is 22.1. The molecule has 2 aliphatic carbocycles. The summed E-state index contributed by atoms with van der Waals surface area (Å²) in [5.74, 6) is -1.03. The summed E-state index contributed by atoms with van der Waals surface area (Å²) in [6.07, 6.45) is 2.95. The van der Waals surface area contributed by atoms with Crippen molar-refractivity contribution in [2.24, 2.45) is 5.92 Å². The van der Waals surface area contributed by atoms with Gasteiger partial charge in [0, 0.05) is 12.5 Å². The lowest BCUT2D eigenvalue weighted by molar-refractivity contribution is -0.156. The minimum absolute atomic E-state index is 0.0652. The summed E-state index contributed by atoms with van der Waals surface area (Å²) in [6.45, 7) is 2.14. The van der Waals surface area contributed by atoms with Gasteiger partial charge in [-0.3, -0.25) is 4.79 Å². The number of ether oxygens (including phenoxy) is 1. The zero-order valence-corrected chi connectivity index (χ0v) is 19.3. The van der Waals surface area contributed by atoms with Gasteiger partial charge in [0.2, 0.25) is 5.91 Å². The van der Waals surface area contributed by atoms with Crippen LogP contribution in [0.1, 0.15) is 56.1 Å². The smallest absolute Gasteiger partial charge is 0.407 e. The molecular weight excluding hydrogens is 432 g/mol. The van der Waals surface area contributed by atoms with E-state index in [2.05, 4.69) is 29.6 Å². The van der Waals surface area contributed by atoms with Crippen LogP contribution in [0.25, 0.3) is 11.1 Å². The van der Waals surface area contributed by atoms with Crippen molar-refractivity contribution in [2.45, 2.75) is 56.5 Å². The number of fused-ring (bicyclic) bond motifs is 3. The number of carboxylic acids is 1. The molecule has 178 valence electrons. The van der Waals surface area contributed by atoms with Crippen molar-refractivity contribution in [2.75, 3.05) is 13.2 Å². The average molecular weight is 463 g/mol. The first-order valence-corrected chi connectivity index (χ1v) is 12.0. The van der Waals surface area contributed by atoms with Gasteiger partial charge in [0.1, 0.15) is 18.2 Å². The lowest BCUT2D eigenvalue weighted by Gasteiger charge is -2.34. The van der Waals surface area contributed by atoms with Crippen molar-refractivity contribution in [3.8, 4) is 11.1 Å². The van der Waals surface area contributed by atoms with Crippen molar-refractivity contribution in [3.63, 3.8) is 0 Å². The van der Waals surface area contributed by atoms with Gasteiger partial charge in [0.25, 0.3) is 0 Å². The van der Waals surface area contributed by atoms with Gasteiger partial charge in [-0.15, -0.1) is 0 Å². The van der Waals surface area contributed by atoms with E-state index in [9.17, 15) is 19.5 Å². The number of carboxylic acid groups (broad SMARTS) is 1. The number of rotatable bonds is 7. The summed E-state index contributed by atoms with van der Waals surface area (Å²) < 4.78 is 5.65. The molecule has 2 aromatic carbocycles. The largest absolute Gasteiger partial charge is 0.480 e. The predicted molar refractivity (Wildman–Crippen MR) is 126 cm³/mol. The fourth-order valence-electron chi connectivity index (χ4n) is 5.42. The lowest BCUT2D eigenvalue weighted by Crippen LogP contribution is -2.57. The second-order valence-electron chi connectivity index (χ2n) is 9.87. The zero-order chi connectivity index (χ0) is 23.9. The van der Waals surface area contributed by atoms with Crippen LogP contribution in [-0.4, -0.2) is 52.7 Å². The van der Waals surface area contributed by atoms with Gasteiger partial charge in [0.15, 0.2) is 0 Å². The summed E-state index contributed by atoms with van der Waals surface area (Å²) >= 11 is 0. The first kappa shape index (κ1) is 22.4. The Morgan fingerprint density at radius 3 is 2.29 bits per heavy atom. The van der Waals surface area contributed by atoms with Gasteiger partial charge < -0.3 is 20.1 Å². The second-order valence-corrected chi connectivity index (χ2v) is 9.87. The number of amides is 2. The van der Waals surface area contributed by atoms with E-state index in [1.54, 1.807) is 6.92 Å². The fraction of sp³-hybridized carbons (Fsp3) is 0.444. The summed E-state index contributed by atoms with van der Waals surface area (Å²) in [6, 6.07) is 15.5. The third kappa shape index (κ3) is 4.04. The number of benzene rings is 2. The van der Waals surface area contributed by atoms with Gasteiger partial charge >= 0.3 is 12.1 Å². The molecule has 5 rings (SSSR count). The monoisotopic (exact) mass is 462 g/mol. The van der Waals surface area contributed by atoms with Gasteiger partial charge in [-0.05, 0) is 54.4 Å². The number of nitrogens with one attached hydrogen (secondary N) is 1. The van der Waals surface area contributed by atoms with Gasteiger partial charge in [-0.1, -0.05) is 61.4 Å². The molecule has 34 heavy (non-hydrogen) atoms. The third-order valence-electron chi connectivity index (χ3n) is 7.57. The van der Waals surface area contributed by atoms with E-state index in [0.29, 0.717) is 31.7 Å². The molecule has 1 saturated heterocycles. The van der Waals surface area contributed by atoms with Crippen LogP contribution >= 0.6 is 0 Å². The highest BCUT2D eigenvalue weighted by atomic mass is 16.5. The molecule has 7 nitrogen and oxygen atoms in total. The summed E-state index contributed by atoms with van der Waals surface area (Å²) in [4.78, 5) is 39.5. The van der Waals surface area contributed by atoms with Gasteiger partial charge in [-0.25, -0.2) is 9.59 Å². The maximum absolute atomic E-state index is 13.3. The molecule has 0 spiro atoms. The van der Waals surface area contributed by atoms with Crippen LogP contribution in [0.5, 0.6) is 0 Å². The molecule has 2 N–H and O–H groups in total. The Hall–Kier alpha value is -3.35. The Morgan fingerprint density at radius 1 is 1.09 bits per heavy atom. The number of likely N-dealkylation sites (tertiary alicyclic amines) is 1. The highest BCUT2D eigenvalue weighted by Crippen LogP contribution is 2.44.